The first kappa shape index (κ1) is 15.8. The third kappa shape index (κ3) is 2.63. The Morgan fingerprint density at radius 2 is 1.62 bits per heavy atom. The van der Waals surface area contributed by atoms with Crippen LogP contribution in [-0.2, 0) is 0 Å². The lowest BCUT2D eigenvalue weighted by Crippen LogP contribution is -2.30. The van der Waals surface area contributed by atoms with Crippen LogP contribution >= 0.6 is 0 Å². The zero-order valence-electron chi connectivity index (χ0n) is 14.6. The molecular formula is C17H28N4. The van der Waals surface area contributed by atoms with Crippen LogP contribution in [0.15, 0.2) is 11.8 Å². The van der Waals surface area contributed by atoms with Gasteiger partial charge in [0.2, 0.25) is 0 Å². The van der Waals surface area contributed by atoms with E-state index in [4.69, 9.17) is 0 Å². The zero-order valence-corrected chi connectivity index (χ0v) is 14.6. The van der Waals surface area contributed by atoms with E-state index in [2.05, 4.69) is 81.5 Å². The van der Waals surface area contributed by atoms with Crippen molar-refractivity contribution in [2.75, 3.05) is 0 Å². The molecule has 0 radical (unpaired) electrons. The Morgan fingerprint density at radius 3 is 2.05 bits per heavy atom. The van der Waals surface area contributed by atoms with Gasteiger partial charge in [0.25, 0.3) is 0 Å². The first-order valence-electron chi connectivity index (χ1n) is 7.89. The van der Waals surface area contributed by atoms with Gasteiger partial charge in [-0.3, -0.25) is 0 Å². The number of fused-ring (bicyclic) bond motifs is 1. The van der Waals surface area contributed by atoms with Crippen LogP contribution in [0.2, 0.25) is 0 Å². The second-order valence-electron chi connectivity index (χ2n) is 6.91. The Balaban J connectivity index is 2.77. The fraction of sp³-hybridized carbons (Fsp3) is 0.647. The lowest BCUT2D eigenvalue weighted by Gasteiger charge is -2.35. The van der Waals surface area contributed by atoms with Gasteiger partial charge in [-0.25, -0.2) is 4.68 Å². The summed E-state index contributed by atoms with van der Waals surface area (Å²) < 4.78 is 2.06. The molecule has 0 saturated carbocycles. The maximum atomic E-state index is 4.49. The molecule has 21 heavy (non-hydrogen) atoms. The fourth-order valence-corrected chi connectivity index (χ4v) is 2.79. The van der Waals surface area contributed by atoms with Crippen LogP contribution in [-0.4, -0.2) is 25.9 Å². The smallest absolute Gasteiger partial charge is 0.120 e. The van der Waals surface area contributed by atoms with Gasteiger partial charge in [0.1, 0.15) is 11.4 Å². The summed E-state index contributed by atoms with van der Waals surface area (Å²) in [6, 6.07) is 0.712. The van der Waals surface area contributed by atoms with Gasteiger partial charge in [0.05, 0.1) is 5.70 Å². The van der Waals surface area contributed by atoms with Crippen molar-refractivity contribution in [3.8, 4) is 0 Å². The van der Waals surface area contributed by atoms with Gasteiger partial charge in [0.15, 0.2) is 0 Å². The highest BCUT2D eigenvalue weighted by Crippen LogP contribution is 2.39. The minimum atomic E-state index is 0.302. The Bertz CT molecular complexity index is 584. The topological polar surface area (TPSA) is 34.0 Å². The second-order valence-corrected chi connectivity index (χ2v) is 6.91. The largest absolute Gasteiger partial charge is 0.343 e. The van der Waals surface area contributed by atoms with E-state index in [9.17, 15) is 0 Å². The highest BCUT2D eigenvalue weighted by atomic mass is 15.5. The predicted molar refractivity (Wildman–Crippen MR) is 88.5 cm³/mol. The van der Waals surface area contributed by atoms with E-state index in [1.54, 1.807) is 0 Å². The van der Waals surface area contributed by atoms with Crippen molar-refractivity contribution >= 4 is 11.3 Å². The highest BCUT2D eigenvalue weighted by Gasteiger charge is 2.31. The van der Waals surface area contributed by atoms with Crippen LogP contribution < -0.4 is 0 Å². The summed E-state index contributed by atoms with van der Waals surface area (Å²) in [5.74, 6) is 0.432. The average molecular weight is 288 g/mol. The molecule has 0 aliphatic carbocycles. The summed E-state index contributed by atoms with van der Waals surface area (Å²) in [6.07, 6.45) is 2.26. The SMILES string of the molecule is CC(C)=C1c2c(nnn2C(C)C)C(C(C)C)=CN1C(C)C. The molecule has 0 unspecified atom stereocenters. The molecule has 1 aliphatic rings. The number of hydrogen-bond donors (Lipinski definition) is 0. The maximum absolute atomic E-state index is 4.49. The molecule has 0 aromatic carbocycles. The molecule has 0 bridgehead atoms. The van der Waals surface area contributed by atoms with E-state index in [0.717, 1.165) is 5.69 Å². The summed E-state index contributed by atoms with van der Waals surface area (Å²) >= 11 is 0. The van der Waals surface area contributed by atoms with E-state index in [1.165, 1.54) is 22.5 Å². The van der Waals surface area contributed by atoms with Crippen LogP contribution in [0.25, 0.3) is 11.3 Å². The van der Waals surface area contributed by atoms with Crippen molar-refractivity contribution in [3.05, 3.63) is 23.2 Å². The monoisotopic (exact) mass is 288 g/mol. The molecule has 0 fully saturated rings. The lowest BCUT2D eigenvalue weighted by molar-refractivity contribution is 0.419. The summed E-state index contributed by atoms with van der Waals surface area (Å²) in [4.78, 5) is 2.37. The van der Waals surface area contributed by atoms with Crippen molar-refractivity contribution in [2.24, 2.45) is 5.92 Å². The minimum absolute atomic E-state index is 0.302. The molecular weight excluding hydrogens is 260 g/mol. The molecule has 2 heterocycles. The van der Waals surface area contributed by atoms with Gasteiger partial charge in [-0.2, -0.15) is 0 Å². The number of nitrogens with zero attached hydrogens (tertiary/aromatic N) is 4. The molecule has 4 nitrogen and oxygen atoms in total. The molecule has 1 aromatic heterocycles. The van der Waals surface area contributed by atoms with Crippen LogP contribution in [0.4, 0.5) is 0 Å². The van der Waals surface area contributed by atoms with Crippen LogP contribution in [0.3, 0.4) is 0 Å². The maximum Gasteiger partial charge on any atom is 0.120 e. The van der Waals surface area contributed by atoms with Crippen LogP contribution in [0.5, 0.6) is 0 Å². The van der Waals surface area contributed by atoms with E-state index in [0.29, 0.717) is 18.0 Å². The normalized spacial score (nSPS) is 15.1. The average Bonchev–Trinajstić information content (AvgIpc) is 2.80. The summed E-state index contributed by atoms with van der Waals surface area (Å²) in [5.41, 5.74) is 6.05. The van der Waals surface area contributed by atoms with E-state index < -0.39 is 0 Å². The fourth-order valence-electron chi connectivity index (χ4n) is 2.79. The molecule has 1 aromatic rings. The van der Waals surface area contributed by atoms with Crippen LogP contribution in [0.1, 0.15) is 72.8 Å². The number of allylic oxidation sites excluding steroid dienone is 2. The Morgan fingerprint density at radius 1 is 1.00 bits per heavy atom. The van der Waals surface area contributed by atoms with Gasteiger partial charge in [-0.15, -0.1) is 5.10 Å². The molecule has 4 heteroatoms. The predicted octanol–water partition coefficient (Wildman–Crippen LogP) is 4.33. The van der Waals surface area contributed by atoms with Crippen molar-refractivity contribution < 1.29 is 0 Å². The zero-order chi connectivity index (χ0) is 15.9. The van der Waals surface area contributed by atoms with E-state index in [-0.39, 0.29) is 0 Å². The summed E-state index contributed by atoms with van der Waals surface area (Å²) in [5, 5.41) is 8.91. The molecule has 0 spiro atoms. The minimum Gasteiger partial charge on any atom is -0.343 e. The van der Waals surface area contributed by atoms with Gasteiger partial charge in [-0.05, 0) is 47.5 Å². The molecule has 0 atom stereocenters. The number of rotatable bonds is 3. The molecule has 0 amide bonds. The van der Waals surface area contributed by atoms with E-state index >= 15 is 0 Å². The Labute approximate surface area is 128 Å². The van der Waals surface area contributed by atoms with Gasteiger partial charge in [0, 0.05) is 23.9 Å². The standard InChI is InChI=1S/C17H28N4/c1-10(2)14-9-20(12(5)6)16(11(3)4)17-15(14)18-19-21(17)13(7)8/h9-10,12-13H,1-8H3. The van der Waals surface area contributed by atoms with Crippen molar-refractivity contribution in [1.82, 2.24) is 19.9 Å². The Hall–Kier alpha value is -1.58. The lowest BCUT2D eigenvalue weighted by atomic mass is 9.93. The number of hydrogen-bond acceptors (Lipinski definition) is 3. The molecule has 0 saturated heterocycles. The molecule has 0 N–H and O–H groups in total. The summed E-state index contributed by atoms with van der Waals surface area (Å²) in [6.45, 7) is 17.5. The van der Waals surface area contributed by atoms with E-state index in [1.807, 2.05) is 0 Å². The molecule has 1 aliphatic heterocycles. The number of aromatic nitrogens is 3. The first-order valence-corrected chi connectivity index (χ1v) is 7.89. The van der Waals surface area contributed by atoms with Crippen molar-refractivity contribution in [3.63, 3.8) is 0 Å². The van der Waals surface area contributed by atoms with Crippen molar-refractivity contribution in [2.45, 2.75) is 67.5 Å². The third-order valence-corrected chi connectivity index (χ3v) is 3.87. The molecule has 116 valence electrons. The van der Waals surface area contributed by atoms with Gasteiger partial charge >= 0.3 is 0 Å². The first-order chi connectivity index (χ1) is 9.75. The molecule has 2 rings (SSSR count). The van der Waals surface area contributed by atoms with Crippen molar-refractivity contribution in [1.29, 1.82) is 0 Å². The van der Waals surface area contributed by atoms with Gasteiger partial charge < -0.3 is 4.90 Å². The third-order valence-electron chi connectivity index (χ3n) is 3.87. The van der Waals surface area contributed by atoms with Gasteiger partial charge in [-0.1, -0.05) is 24.6 Å². The highest BCUT2D eigenvalue weighted by molar-refractivity contribution is 5.82. The quantitative estimate of drug-likeness (QED) is 0.830. The summed E-state index contributed by atoms with van der Waals surface area (Å²) in [7, 11) is 0. The van der Waals surface area contributed by atoms with Crippen LogP contribution in [0, 0.1) is 5.92 Å². The Kier molecular flexibility index (Phi) is 4.26. The second kappa shape index (κ2) is 5.66.